The summed E-state index contributed by atoms with van der Waals surface area (Å²) >= 11 is 1.63. The molecule has 0 radical (unpaired) electrons. The zero-order valence-corrected chi connectivity index (χ0v) is 13.8. The van der Waals surface area contributed by atoms with Crippen LogP contribution < -0.4 is 14.8 Å². The molecule has 1 aromatic heterocycles. The zero-order valence-electron chi connectivity index (χ0n) is 13.0. The average molecular weight is 306 g/mol. The van der Waals surface area contributed by atoms with Crippen molar-refractivity contribution in [2.24, 2.45) is 5.92 Å². The Morgan fingerprint density at radius 2 is 1.95 bits per heavy atom. The van der Waals surface area contributed by atoms with E-state index in [1.807, 2.05) is 18.2 Å². The van der Waals surface area contributed by atoms with Crippen LogP contribution in [0.15, 0.2) is 23.6 Å². The summed E-state index contributed by atoms with van der Waals surface area (Å²) in [5.74, 6) is 2.15. The second-order valence-electron chi connectivity index (χ2n) is 5.22. The minimum Gasteiger partial charge on any atom is -0.493 e. The molecule has 1 N–H and O–H groups in total. The lowest BCUT2D eigenvalue weighted by Gasteiger charge is -2.08. The molecule has 0 unspecified atom stereocenters. The number of nitrogens with one attached hydrogen (secondary N) is 1. The van der Waals surface area contributed by atoms with Crippen molar-refractivity contribution < 1.29 is 9.47 Å². The van der Waals surface area contributed by atoms with E-state index < -0.39 is 0 Å². The van der Waals surface area contributed by atoms with E-state index in [1.165, 1.54) is 0 Å². The van der Waals surface area contributed by atoms with Gasteiger partial charge >= 0.3 is 0 Å². The second-order valence-corrected chi connectivity index (χ2v) is 6.08. The lowest BCUT2D eigenvalue weighted by atomic mass is 10.1. The van der Waals surface area contributed by atoms with Gasteiger partial charge in [-0.25, -0.2) is 4.98 Å². The third-order valence-electron chi connectivity index (χ3n) is 3.18. The number of hydrogen-bond donors (Lipinski definition) is 1. The normalized spacial score (nSPS) is 10.7. The maximum absolute atomic E-state index is 5.33. The lowest BCUT2D eigenvalue weighted by Crippen LogP contribution is -2.04. The molecule has 0 saturated heterocycles. The van der Waals surface area contributed by atoms with E-state index in [2.05, 4.69) is 29.5 Å². The number of methoxy groups -OCH3 is 2. The van der Waals surface area contributed by atoms with Crippen molar-refractivity contribution in [2.45, 2.75) is 20.3 Å². The fourth-order valence-corrected chi connectivity index (χ4v) is 2.70. The highest BCUT2D eigenvalue weighted by Crippen LogP contribution is 2.33. The molecule has 21 heavy (non-hydrogen) atoms. The number of anilines is 1. The molecule has 2 rings (SSSR count). The summed E-state index contributed by atoms with van der Waals surface area (Å²) in [6.07, 6.45) is 1.14. The summed E-state index contributed by atoms with van der Waals surface area (Å²) in [6.45, 7) is 5.40. The number of hydrogen-bond acceptors (Lipinski definition) is 5. The van der Waals surface area contributed by atoms with Gasteiger partial charge < -0.3 is 14.8 Å². The van der Waals surface area contributed by atoms with Gasteiger partial charge in [0.2, 0.25) is 0 Å². The number of rotatable bonds is 7. The standard InChI is InChI=1S/C16H22N2O2S/c1-11(2)7-8-17-16-18-13(10-21-16)12-5-6-14(19-3)15(9-12)20-4/h5-6,9-11H,7-8H2,1-4H3,(H,17,18). The highest BCUT2D eigenvalue weighted by molar-refractivity contribution is 7.14. The predicted octanol–water partition coefficient (Wildman–Crippen LogP) is 4.29. The van der Waals surface area contributed by atoms with E-state index in [-0.39, 0.29) is 0 Å². The van der Waals surface area contributed by atoms with Crippen LogP contribution in [0.2, 0.25) is 0 Å². The average Bonchev–Trinajstić information content (AvgIpc) is 2.95. The monoisotopic (exact) mass is 306 g/mol. The maximum atomic E-state index is 5.33. The number of benzene rings is 1. The Bertz CT molecular complexity index is 581. The van der Waals surface area contributed by atoms with Crippen molar-refractivity contribution in [3.05, 3.63) is 23.6 Å². The van der Waals surface area contributed by atoms with Crippen molar-refractivity contribution in [2.75, 3.05) is 26.1 Å². The first kappa shape index (κ1) is 15.6. The highest BCUT2D eigenvalue weighted by atomic mass is 32.1. The van der Waals surface area contributed by atoms with Crippen molar-refractivity contribution in [3.8, 4) is 22.8 Å². The molecule has 0 spiro atoms. The van der Waals surface area contributed by atoms with Gasteiger partial charge in [0.15, 0.2) is 16.6 Å². The Balaban J connectivity index is 2.10. The third-order valence-corrected chi connectivity index (χ3v) is 3.98. The van der Waals surface area contributed by atoms with E-state index in [0.29, 0.717) is 5.92 Å². The molecule has 0 bridgehead atoms. The van der Waals surface area contributed by atoms with Crippen LogP contribution in [-0.2, 0) is 0 Å². The number of ether oxygens (including phenoxy) is 2. The fourth-order valence-electron chi connectivity index (χ4n) is 1.95. The maximum Gasteiger partial charge on any atom is 0.183 e. The van der Waals surface area contributed by atoms with Gasteiger partial charge in [0.25, 0.3) is 0 Å². The molecule has 0 fully saturated rings. The molecule has 2 aromatic rings. The van der Waals surface area contributed by atoms with Gasteiger partial charge in [-0.15, -0.1) is 11.3 Å². The second kappa shape index (κ2) is 7.31. The van der Waals surface area contributed by atoms with E-state index >= 15 is 0 Å². The van der Waals surface area contributed by atoms with Gasteiger partial charge in [-0.3, -0.25) is 0 Å². The van der Waals surface area contributed by atoms with Crippen molar-refractivity contribution in [1.29, 1.82) is 0 Å². The van der Waals surface area contributed by atoms with Gasteiger partial charge in [-0.1, -0.05) is 13.8 Å². The van der Waals surface area contributed by atoms with E-state index in [1.54, 1.807) is 25.6 Å². The topological polar surface area (TPSA) is 43.4 Å². The first-order valence-corrected chi connectivity index (χ1v) is 7.93. The van der Waals surface area contributed by atoms with Crippen LogP contribution in [0.4, 0.5) is 5.13 Å². The Kier molecular flexibility index (Phi) is 5.44. The van der Waals surface area contributed by atoms with E-state index in [4.69, 9.17) is 9.47 Å². The van der Waals surface area contributed by atoms with Gasteiger partial charge in [0, 0.05) is 17.5 Å². The van der Waals surface area contributed by atoms with Crippen LogP contribution in [0.1, 0.15) is 20.3 Å². The van der Waals surface area contributed by atoms with Gasteiger partial charge in [0.05, 0.1) is 19.9 Å². The Labute approximate surface area is 130 Å². The van der Waals surface area contributed by atoms with Gasteiger partial charge in [-0.05, 0) is 30.5 Å². The molecule has 5 heteroatoms. The predicted molar refractivity (Wildman–Crippen MR) is 88.6 cm³/mol. The number of thiazole rings is 1. The molecule has 114 valence electrons. The van der Waals surface area contributed by atoms with Crippen LogP contribution in [-0.4, -0.2) is 25.7 Å². The first-order valence-electron chi connectivity index (χ1n) is 7.05. The summed E-state index contributed by atoms with van der Waals surface area (Å²) in [4.78, 5) is 4.62. The summed E-state index contributed by atoms with van der Waals surface area (Å²) in [6, 6.07) is 5.85. The Morgan fingerprint density at radius 3 is 2.62 bits per heavy atom. The lowest BCUT2D eigenvalue weighted by molar-refractivity contribution is 0.355. The molecule has 0 amide bonds. The summed E-state index contributed by atoms with van der Waals surface area (Å²) in [5, 5.41) is 6.38. The van der Waals surface area contributed by atoms with E-state index in [0.717, 1.165) is 40.9 Å². The molecule has 0 atom stereocenters. The first-order chi connectivity index (χ1) is 10.1. The minimum absolute atomic E-state index is 0.697. The molecule has 1 heterocycles. The van der Waals surface area contributed by atoms with Gasteiger partial charge in [-0.2, -0.15) is 0 Å². The molecule has 0 aliphatic carbocycles. The number of nitrogens with zero attached hydrogens (tertiary/aromatic N) is 1. The van der Waals surface area contributed by atoms with E-state index in [9.17, 15) is 0 Å². The molecule has 0 saturated carbocycles. The third kappa shape index (κ3) is 4.11. The molecule has 0 aliphatic rings. The van der Waals surface area contributed by atoms with Crippen LogP contribution in [0.25, 0.3) is 11.3 Å². The van der Waals surface area contributed by atoms with Crippen LogP contribution in [0.5, 0.6) is 11.5 Å². The molecular formula is C16H22N2O2S. The van der Waals surface area contributed by atoms with Crippen LogP contribution in [0, 0.1) is 5.92 Å². The van der Waals surface area contributed by atoms with Crippen LogP contribution in [0.3, 0.4) is 0 Å². The zero-order chi connectivity index (χ0) is 15.2. The summed E-state index contributed by atoms with van der Waals surface area (Å²) < 4.78 is 10.6. The minimum atomic E-state index is 0.697. The van der Waals surface area contributed by atoms with Gasteiger partial charge in [0.1, 0.15) is 0 Å². The van der Waals surface area contributed by atoms with Crippen LogP contribution >= 0.6 is 11.3 Å². The summed E-state index contributed by atoms with van der Waals surface area (Å²) in [5.41, 5.74) is 1.98. The van der Waals surface area contributed by atoms with Crippen molar-refractivity contribution in [3.63, 3.8) is 0 Å². The molecule has 0 aliphatic heterocycles. The number of aromatic nitrogens is 1. The Hall–Kier alpha value is -1.75. The highest BCUT2D eigenvalue weighted by Gasteiger charge is 2.09. The smallest absolute Gasteiger partial charge is 0.183 e. The quantitative estimate of drug-likeness (QED) is 0.829. The fraction of sp³-hybridized carbons (Fsp3) is 0.438. The molecule has 1 aromatic carbocycles. The van der Waals surface area contributed by atoms with Crippen molar-refractivity contribution in [1.82, 2.24) is 4.98 Å². The summed E-state index contributed by atoms with van der Waals surface area (Å²) in [7, 11) is 3.28. The SMILES string of the molecule is COc1ccc(-c2csc(NCCC(C)C)n2)cc1OC. The molecular weight excluding hydrogens is 284 g/mol. The Morgan fingerprint density at radius 1 is 1.19 bits per heavy atom. The molecule has 4 nitrogen and oxygen atoms in total. The largest absolute Gasteiger partial charge is 0.493 e. The van der Waals surface area contributed by atoms with Crippen molar-refractivity contribution >= 4 is 16.5 Å².